The third-order valence-electron chi connectivity index (χ3n) is 3.09. The number of nitrogens with one attached hydrogen (secondary N) is 1. The topological polar surface area (TPSA) is 122 Å². The quantitative estimate of drug-likeness (QED) is 0.824. The highest BCUT2D eigenvalue weighted by molar-refractivity contribution is 7.90. The van der Waals surface area contributed by atoms with Crippen LogP contribution in [-0.2, 0) is 17.1 Å². The second kappa shape index (κ2) is 6.83. The second-order valence-electron chi connectivity index (χ2n) is 6.31. The molecular formula is C15H20N4O6S. The first-order chi connectivity index (χ1) is 12.0. The van der Waals surface area contributed by atoms with Crippen LogP contribution in [0.2, 0.25) is 0 Å². The number of amides is 1. The molecule has 1 N–H and O–H groups in total. The Morgan fingerprint density at radius 3 is 2.38 bits per heavy atom. The summed E-state index contributed by atoms with van der Waals surface area (Å²) in [6.45, 7) is 5.28. The minimum Gasteiger partial charge on any atom is -0.487 e. The molecule has 142 valence electrons. The Kier molecular flexibility index (Phi) is 5.12. The Balaban J connectivity index is 2.38. The maximum atomic E-state index is 12.6. The molecule has 0 saturated carbocycles. The van der Waals surface area contributed by atoms with Crippen LogP contribution >= 0.6 is 0 Å². The van der Waals surface area contributed by atoms with Crippen molar-refractivity contribution in [2.75, 3.05) is 7.11 Å². The van der Waals surface area contributed by atoms with E-state index < -0.39 is 27.3 Å². The lowest BCUT2D eigenvalue weighted by molar-refractivity contribution is 0.126. The first-order valence-corrected chi connectivity index (χ1v) is 9.00. The minimum absolute atomic E-state index is 0.0752. The van der Waals surface area contributed by atoms with Crippen molar-refractivity contribution in [1.29, 1.82) is 0 Å². The van der Waals surface area contributed by atoms with Crippen LogP contribution in [0.15, 0.2) is 34.0 Å². The zero-order chi connectivity index (χ0) is 19.7. The monoisotopic (exact) mass is 384 g/mol. The van der Waals surface area contributed by atoms with E-state index in [1.807, 2.05) is 0 Å². The minimum atomic E-state index is -4.31. The molecule has 1 aromatic carbocycles. The molecule has 0 spiro atoms. The highest BCUT2D eigenvalue weighted by atomic mass is 32.2. The van der Waals surface area contributed by atoms with Gasteiger partial charge < -0.3 is 9.47 Å². The summed E-state index contributed by atoms with van der Waals surface area (Å²) in [7, 11) is -1.72. The number of rotatable bonds is 4. The molecule has 0 fully saturated rings. The van der Waals surface area contributed by atoms with Crippen molar-refractivity contribution in [2.45, 2.75) is 31.3 Å². The Labute approximate surface area is 150 Å². The van der Waals surface area contributed by atoms with Gasteiger partial charge >= 0.3 is 17.7 Å². The van der Waals surface area contributed by atoms with E-state index in [4.69, 9.17) is 9.47 Å². The molecule has 10 nitrogen and oxygen atoms in total. The van der Waals surface area contributed by atoms with Crippen LogP contribution in [0.4, 0.5) is 4.79 Å². The predicted octanol–water partition coefficient (Wildman–Crippen LogP) is 0.714. The first-order valence-electron chi connectivity index (χ1n) is 7.51. The Morgan fingerprint density at radius 2 is 1.85 bits per heavy atom. The number of methoxy groups -OCH3 is 1. The van der Waals surface area contributed by atoms with Gasteiger partial charge in [-0.2, -0.15) is 0 Å². The number of aromatic nitrogens is 3. The largest absolute Gasteiger partial charge is 0.487 e. The van der Waals surface area contributed by atoms with Crippen molar-refractivity contribution in [2.24, 2.45) is 7.05 Å². The van der Waals surface area contributed by atoms with Gasteiger partial charge in [-0.05, 0) is 32.9 Å². The molecule has 11 heteroatoms. The summed E-state index contributed by atoms with van der Waals surface area (Å²) in [6.07, 6.45) is 0. The van der Waals surface area contributed by atoms with Crippen molar-refractivity contribution in [3.05, 3.63) is 34.7 Å². The van der Waals surface area contributed by atoms with Crippen molar-refractivity contribution in [3.8, 4) is 11.8 Å². The van der Waals surface area contributed by atoms with E-state index in [-0.39, 0.29) is 16.7 Å². The lowest BCUT2D eigenvalue weighted by Gasteiger charge is -2.23. The number of carbonyl (C=O) groups is 1. The van der Waals surface area contributed by atoms with E-state index in [1.54, 1.807) is 31.6 Å². The van der Waals surface area contributed by atoms with Gasteiger partial charge in [0.1, 0.15) is 16.2 Å². The summed E-state index contributed by atoms with van der Waals surface area (Å²) < 4.78 is 38.8. The van der Waals surface area contributed by atoms with Crippen molar-refractivity contribution in [3.63, 3.8) is 0 Å². The molecule has 1 heterocycles. The fourth-order valence-corrected chi connectivity index (χ4v) is 3.09. The molecule has 0 aliphatic carbocycles. The molecule has 0 aliphatic rings. The molecule has 2 rings (SSSR count). The number of nitrogens with zero attached hydrogens (tertiary/aromatic N) is 3. The zero-order valence-electron chi connectivity index (χ0n) is 15.0. The second-order valence-corrected chi connectivity index (χ2v) is 7.96. The molecule has 0 atom stereocenters. The summed E-state index contributed by atoms with van der Waals surface area (Å²) in [5.74, 6) is 0.0752. The predicted molar refractivity (Wildman–Crippen MR) is 92.0 cm³/mol. The fraction of sp³-hybridized carbons (Fsp3) is 0.400. The smallest absolute Gasteiger partial charge is 0.360 e. The number of benzene rings is 1. The lowest BCUT2D eigenvalue weighted by atomic mass is 10.2. The average Bonchev–Trinajstić information content (AvgIpc) is 2.81. The SMILES string of the molecule is COc1nn(C(=O)NS(=O)(=O)c2ccccc2OC(C)(C)C)c(=O)n1C. The Morgan fingerprint density at radius 1 is 1.23 bits per heavy atom. The Bertz CT molecular complexity index is 984. The van der Waals surface area contributed by atoms with E-state index in [0.717, 1.165) is 4.57 Å². The third-order valence-corrected chi connectivity index (χ3v) is 4.45. The number of para-hydroxylation sites is 1. The van der Waals surface area contributed by atoms with Crippen molar-refractivity contribution < 1.29 is 22.7 Å². The number of hydrogen-bond acceptors (Lipinski definition) is 7. The highest BCUT2D eigenvalue weighted by Crippen LogP contribution is 2.26. The molecule has 0 radical (unpaired) electrons. The van der Waals surface area contributed by atoms with Crippen molar-refractivity contribution in [1.82, 2.24) is 19.1 Å². The number of carbonyl (C=O) groups excluding carboxylic acids is 1. The average molecular weight is 384 g/mol. The standard InChI is InChI=1S/C15H20N4O6S/c1-15(2,3)25-10-8-6-7-9-11(10)26(22,23)17-12(20)19-14(21)18(4)13(16-19)24-5/h6-9H,1-5H3,(H,17,20). The van der Waals surface area contributed by atoms with Crippen molar-refractivity contribution >= 4 is 16.1 Å². The van der Waals surface area contributed by atoms with E-state index in [1.165, 1.54) is 32.4 Å². The van der Waals surface area contributed by atoms with Crippen LogP contribution in [0.3, 0.4) is 0 Å². The maximum Gasteiger partial charge on any atom is 0.360 e. The van der Waals surface area contributed by atoms with Gasteiger partial charge in [-0.25, -0.2) is 27.3 Å². The summed E-state index contributed by atoms with van der Waals surface area (Å²) in [4.78, 5) is 24.0. The van der Waals surface area contributed by atoms with Crippen LogP contribution < -0.4 is 19.9 Å². The number of ether oxygens (including phenoxy) is 2. The first kappa shape index (κ1) is 19.5. The van der Waals surface area contributed by atoms with Gasteiger partial charge in [-0.15, -0.1) is 9.78 Å². The van der Waals surface area contributed by atoms with Gasteiger partial charge in [0.05, 0.1) is 7.11 Å². The number of sulfonamides is 1. The summed E-state index contributed by atoms with van der Waals surface area (Å²) in [5.41, 5.74) is -1.50. The molecule has 1 amide bonds. The molecule has 2 aromatic rings. The van der Waals surface area contributed by atoms with Gasteiger partial charge in [0.25, 0.3) is 10.0 Å². The van der Waals surface area contributed by atoms with Crippen LogP contribution in [-0.4, -0.2) is 41.5 Å². The van der Waals surface area contributed by atoms with Crippen LogP contribution in [0.5, 0.6) is 11.8 Å². The lowest BCUT2D eigenvalue weighted by Crippen LogP contribution is -2.40. The van der Waals surface area contributed by atoms with E-state index in [9.17, 15) is 18.0 Å². The highest BCUT2D eigenvalue weighted by Gasteiger charge is 2.27. The van der Waals surface area contributed by atoms with Crippen LogP contribution in [0, 0.1) is 0 Å². The fourth-order valence-electron chi connectivity index (χ4n) is 2.03. The molecular weight excluding hydrogens is 364 g/mol. The van der Waals surface area contributed by atoms with Gasteiger partial charge in [-0.1, -0.05) is 12.1 Å². The molecule has 0 saturated heterocycles. The molecule has 0 unspecified atom stereocenters. The number of hydrogen-bond donors (Lipinski definition) is 1. The van der Waals surface area contributed by atoms with Gasteiger partial charge in [0.2, 0.25) is 0 Å². The molecule has 0 aliphatic heterocycles. The van der Waals surface area contributed by atoms with E-state index >= 15 is 0 Å². The zero-order valence-corrected chi connectivity index (χ0v) is 15.8. The molecule has 0 bridgehead atoms. The summed E-state index contributed by atoms with van der Waals surface area (Å²) in [5, 5.41) is 3.62. The maximum absolute atomic E-state index is 12.6. The van der Waals surface area contributed by atoms with E-state index in [0.29, 0.717) is 4.68 Å². The summed E-state index contributed by atoms with van der Waals surface area (Å²) in [6, 6.07) is 4.48. The van der Waals surface area contributed by atoms with Crippen LogP contribution in [0.1, 0.15) is 20.8 Å². The summed E-state index contributed by atoms with van der Waals surface area (Å²) >= 11 is 0. The van der Waals surface area contributed by atoms with Gasteiger partial charge in [0, 0.05) is 7.05 Å². The van der Waals surface area contributed by atoms with E-state index in [2.05, 4.69) is 5.10 Å². The van der Waals surface area contributed by atoms with Crippen LogP contribution in [0.25, 0.3) is 0 Å². The third kappa shape index (κ3) is 4.04. The normalized spacial score (nSPS) is 11.9. The van der Waals surface area contributed by atoms with Gasteiger partial charge in [-0.3, -0.25) is 0 Å². The Hall–Kier alpha value is -2.82. The van der Waals surface area contributed by atoms with Gasteiger partial charge in [0.15, 0.2) is 0 Å². The molecule has 1 aromatic heterocycles. The molecule has 26 heavy (non-hydrogen) atoms.